The normalized spacial score (nSPS) is 11.1. The van der Waals surface area contributed by atoms with Crippen LogP contribution in [0.2, 0.25) is 5.02 Å². The molecule has 0 unspecified atom stereocenters. The van der Waals surface area contributed by atoms with E-state index in [0.717, 1.165) is 11.9 Å². The Morgan fingerprint density at radius 2 is 1.71 bits per heavy atom. The molecule has 0 spiro atoms. The lowest BCUT2D eigenvalue weighted by atomic mass is 10.2. The van der Waals surface area contributed by atoms with E-state index in [0.29, 0.717) is 17.1 Å². The number of carbonyl (C=O) groups is 1. The van der Waals surface area contributed by atoms with Crippen LogP contribution >= 0.6 is 11.6 Å². The van der Waals surface area contributed by atoms with Gasteiger partial charge in [0.15, 0.2) is 0 Å². The Kier molecular flexibility index (Phi) is 6.23. The summed E-state index contributed by atoms with van der Waals surface area (Å²) in [5, 5.41) is 3.31. The fraction of sp³-hybridized carbons (Fsp3) is 0.235. The third kappa shape index (κ3) is 5.54. The minimum absolute atomic E-state index is 0.147. The number of sulfonamides is 1. The molecule has 128 valence electrons. The molecule has 24 heavy (non-hydrogen) atoms. The van der Waals surface area contributed by atoms with Crippen molar-refractivity contribution in [3.8, 4) is 0 Å². The van der Waals surface area contributed by atoms with Gasteiger partial charge in [-0.15, -0.1) is 0 Å². The lowest BCUT2D eigenvalue weighted by Gasteiger charge is -2.22. The molecule has 2 rings (SSSR count). The van der Waals surface area contributed by atoms with Gasteiger partial charge in [0.2, 0.25) is 15.9 Å². The van der Waals surface area contributed by atoms with Gasteiger partial charge in [-0.1, -0.05) is 29.8 Å². The van der Waals surface area contributed by atoms with Crippen LogP contribution in [0, 0.1) is 0 Å². The smallest absolute Gasteiger partial charge is 0.232 e. The molecule has 0 saturated carbocycles. The van der Waals surface area contributed by atoms with E-state index in [9.17, 15) is 13.2 Å². The molecular formula is C17H19ClN2O3S. The summed E-state index contributed by atoms with van der Waals surface area (Å²) in [7, 11) is -3.43. The summed E-state index contributed by atoms with van der Waals surface area (Å²) in [5.41, 5.74) is 1.26. The van der Waals surface area contributed by atoms with Gasteiger partial charge in [-0.2, -0.15) is 0 Å². The first kappa shape index (κ1) is 18.3. The summed E-state index contributed by atoms with van der Waals surface area (Å²) in [6.45, 7) is 0.225. The minimum Gasteiger partial charge on any atom is -0.326 e. The molecule has 7 heteroatoms. The second-order valence-corrected chi connectivity index (χ2v) is 7.67. The molecule has 0 heterocycles. The van der Waals surface area contributed by atoms with Crippen LogP contribution in [0.3, 0.4) is 0 Å². The zero-order valence-corrected chi connectivity index (χ0v) is 14.8. The largest absolute Gasteiger partial charge is 0.326 e. The van der Waals surface area contributed by atoms with Crippen LogP contribution in [0.15, 0.2) is 54.6 Å². The quantitative estimate of drug-likeness (QED) is 0.815. The van der Waals surface area contributed by atoms with Crippen molar-refractivity contribution >= 4 is 38.9 Å². The number of benzene rings is 2. The van der Waals surface area contributed by atoms with Crippen LogP contribution in [0.25, 0.3) is 0 Å². The Bertz CT molecular complexity index is 777. The molecule has 0 fully saturated rings. The first-order valence-corrected chi connectivity index (χ1v) is 9.67. The van der Waals surface area contributed by atoms with Gasteiger partial charge in [0.05, 0.1) is 11.9 Å². The molecule has 0 saturated heterocycles. The first-order valence-electron chi connectivity index (χ1n) is 7.44. The molecule has 5 nitrogen and oxygen atoms in total. The Morgan fingerprint density at radius 3 is 2.29 bits per heavy atom. The fourth-order valence-electron chi connectivity index (χ4n) is 2.22. The van der Waals surface area contributed by atoms with Crippen molar-refractivity contribution < 1.29 is 13.2 Å². The van der Waals surface area contributed by atoms with Crippen molar-refractivity contribution in [2.45, 2.75) is 12.8 Å². The van der Waals surface area contributed by atoms with Crippen LogP contribution in [-0.2, 0) is 14.8 Å². The summed E-state index contributed by atoms with van der Waals surface area (Å²) < 4.78 is 25.2. The monoisotopic (exact) mass is 366 g/mol. The summed E-state index contributed by atoms with van der Waals surface area (Å²) in [4.78, 5) is 11.9. The maximum Gasteiger partial charge on any atom is 0.232 e. The van der Waals surface area contributed by atoms with E-state index < -0.39 is 10.0 Å². The third-order valence-electron chi connectivity index (χ3n) is 3.34. The Morgan fingerprint density at radius 1 is 1.08 bits per heavy atom. The second-order valence-electron chi connectivity index (χ2n) is 5.33. The highest BCUT2D eigenvalue weighted by Gasteiger charge is 2.17. The first-order chi connectivity index (χ1) is 11.4. The van der Waals surface area contributed by atoms with Crippen molar-refractivity contribution in [1.82, 2.24) is 0 Å². The van der Waals surface area contributed by atoms with Crippen molar-refractivity contribution in [1.29, 1.82) is 0 Å². The maximum atomic E-state index is 12.0. The van der Waals surface area contributed by atoms with E-state index in [1.54, 1.807) is 36.4 Å². The molecule has 0 radical (unpaired) electrons. The summed E-state index contributed by atoms with van der Waals surface area (Å²) >= 11 is 5.83. The second kappa shape index (κ2) is 8.17. The molecule has 0 aromatic heterocycles. The molecule has 0 atom stereocenters. The van der Waals surface area contributed by atoms with Gasteiger partial charge < -0.3 is 5.32 Å². The summed E-state index contributed by atoms with van der Waals surface area (Å²) in [5.74, 6) is -0.147. The molecule has 0 bridgehead atoms. The zero-order chi connectivity index (χ0) is 17.6. The van der Waals surface area contributed by atoms with Gasteiger partial charge in [0.1, 0.15) is 0 Å². The molecule has 0 aliphatic heterocycles. The van der Waals surface area contributed by atoms with E-state index in [1.165, 1.54) is 4.31 Å². The van der Waals surface area contributed by atoms with Crippen molar-refractivity contribution in [3.63, 3.8) is 0 Å². The molecule has 1 N–H and O–H groups in total. The van der Waals surface area contributed by atoms with Crippen molar-refractivity contribution in [3.05, 3.63) is 59.6 Å². The van der Waals surface area contributed by atoms with Crippen LogP contribution in [0.1, 0.15) is 12.8 Å². The van der Waals surface area contributed by atoms with E-state index in [4.69, 9.17) is 11.6 Å². The maximum absolute atomic E-state index is 12.0. The number of anilines is 2. The molecule has 2 aromatic rings. The van der Waals surface area contributed by atoms with Gasteiger partial charge in [0.25, 0.3) is 0 Å². The SMILES string of the molecule is CS(=O)(=O)N(CCCC(=O)Nc1ccccc1)c1ccc(Cl)cc1. The average Bonchev–Trinajstić information content (AvgIpc) is 2.52. The molecule has 1 amide bonds. The summed E-state index contributed by atoms with van der Waals surface area (Å²) in [6, 6.07) is 15.7. The highest BCUT2D eigenvalue weighted by Crippen LogP contribution is 2.21. The lowest BCUT2D eigenvalue weighted by Crippen LogP contribution is -2.31. The number of para-hydroxylation sites is 1. The third-order valence-corrected chi connectivity index (χ3v) is 4.78. The lowest BCUT2D eigenvalue weighted by molar-refractivity contribution is -0.116. The van der Waals surface area contributed by atoms with E-state index in [2.05, 4.69) is 5.32 Å². The number of halogens is 1. The molecule has 0 aliphatic rings. The highest BCUT2D eigenvalue weighted by molar-refractivity contribution is 7.92. The standard InChI is InChI=1S/C17H19ClN2O3S/c1-24(22,23)20(16-11-9-14(18)10-12-16)13-5-8-17(21)19-15-6-3-2-4-7-15/h2-4,6-7,9-12H,5,8,13H2,1H3,(H,19,21). The van der Waals surface area contributed by atoms with Gasteiger partial charge in [0, 0.05) is 23.7 Å². The van der Waals surface area contributed by atoms with Gasteiger partial charge in [-0.05, 0) is 42.8 Å². The van der Waals surface area contributed by atoms with E-state index in [-0.39, 0.29) is 18.9 Å². The van der Waals surface area contributed by atoms with Gasteiger partial charge >= 0.3 is 0 Å². The average molecular weight is 367 g/mol. The fourth-order valence-corrected chi connectivity index (χ4v) is 3.31. The number of rotatable bonds is 7. The number of hydrogen-bond acceptors (Lipinski definition) is 3. The zero-order valence-electron chi connectivity index (χ0n) is 13.3. The summed E-state index contributed by atoms with van der Waals surface area (Å²) in [6.07, 6.45) is 1.79. The van der Waals surface area contributed by atoms with Crippen LogP contribution < -0.4 is 9.62 Å². The highest BCUT2D eigenvalue weighted by atomic mass is 35.5. The molecule has 0 aliphatic carbocycles. The number of nitrogens with zero attached hydrogens (tertiary/aromatic N) is 1. The van der Waals surface area contributed by atoms with Gasteiger partial charge in [-0.25, -0.2) is 8.42 Å². The Balaban J connectivity index is 1.94. The van der Waals surface area contributed by atoms with Crippen LogP contribution in [-0.4, -0.2) is 27.1 Å². The van der Waals surface area contributed by atoms with E-state index in [1.807, 2.05) is 18.2 Å². The molecule has 2 aromatic carbocycles. The number of hydrogen-bond donors (Lipinski definition) is 1. The number of carbonyl (C=O) groups excluding carboxylic acids is 1. The predicted octanol–water partition coefficient (Wildman–Crippen LogP) is 3.52. The van der Waals surface area contributed by atoms with Crippen LogP contribution in [0.5, 0.6) is 0 Å². The van der Waals surface area contributed by atoms with Crippen LogP contribution in [0.4, 0.5) is 11.4 Å². The Hall–Kier alpha value is -2.05. The number of nitrogens with one attached hydrogen (secondary N) is 1. The molecular weight excluding hydrogens is 348 g/mol. The number of amides is 1. The van der Waals surface area contributed by atoms with Crippen molar-refractivity contribution in [2.24, 2.45) is 0 Å². The predicted molar refractivity (Wildman–Crippen MR) is 97.9 cm³/mol. The minimum atomic E-state index is -3.43. The topological polar surface area (TPSA) is 66.5 Å². The van der Waals surface area contributed by atoms with Gasteiger partial charge in [-0.3, -0.25) is 9.10 Å². The van der Waals surface area contributed by atoms with E-state index >= 15 is 0 Å². The Labute approximate surface area is 147 Å². The van der Waals surface area contributed by atoms with Crippen molar-refractivity contribution in [2.75, 3.05) is 22.4 Å².